The third kappa shape index (κ3) is 4.70. The first-order valence-electron chi connectivity index (χ1n) is 4.95. The van der Waals surface area contributed by atoms with Gasteiger partial charge in [-0.05, 0) is 17.7 Å². The molecule has 2 nitrogen and oxygen atoms in total. The van der Waals surface area contributed by atoms with Crippen molar-refractivity contribution in [1.29, 1.82) is 0 Å². The van der Waals surface area contributed by atoms with Crippen LogP contribution in [0.5, 0.6) is 5.75 Å². The van der Waals surface area contributed by atoms with Crippen molar-refractivity contribution in [3.05, 3.63) is 29.6 Å². The summed E-state index contributed by atoms with van der Waals surface area (Å²) in [5.41, 5.74) is 0.331. The van der Waals surface area contributed by atoms with Crippen molar-refractivity contribution in [3.63, 3.8) is 0 Å². The Bertz CT molecular complexity index is 395. The maximum atomic E-state index is 13.3. The second kappa shape index (κ2) is 6.24. The second-order valence-corrected chi connectivity index (χ2v) is 4.02. The molecule has 1 aromatic rings. The number of methoxy groups -OCH3 is 1. The van der Waals surface area contributed by atoms with Crippen LogP contribution < -0.4 is 4.74 Å². The van der Waals surface area contributed by atoms with Crippen molar-refractivity contribution in [1.82, 2.24) is 0 Å². The fourth-order valence-corrected chi connectivity index (χ4v) is 1.48. The number of ether oxygens (including phenoxy) is 2. The first-order chi connectivity index (χ1) is 8.33. The highest BCUT2D eigenvalue weighted by atomic mass is 35.5. The molecule has 0 aliphatic rings. The lowest BCUT2D eigenvalue weighted by molar-refractivity contribution is -0.173. The van der Waals surface area contributed by atoms with Gasteiger partial charge in [-0.2, -0.15) is 13.2 Å². The van der Waals surface area contributed by atoms with Gasteiger partial charge >= 0.3 is 6.18 Å². The van der Waals surface area contributed by atoms with E-state index in [4.69, 9.17) is 16.3 Å². The van der Waals surface area contributed by atoms with Crippen molar-refractivity contribution in [2.45, 2.75) is 11.6 Å². The van der Waals surface area contributed by atoms with Gasteiger partial charge in [-0.3, -0.25) is 0 Å². The van der Waals surface area contributed by atoms with Gasteiger partial charge in [0.05, 0.1) is 19.1 Å². The normalized spacial score (nSPS) is 13.4. The Morgan fingerprint density at radius 1 is 1.33 bits per heavy atom. The van der Waals surface area contributed by atoms with Crippen LogP contribution in [0.15, 0.2) is 18.2 Å². The Kier molecular flexibility index (Phi) is 5.22. The van der Waals surface area contributed by atoms with Gasteiger partial charge in [-0.15, -0.1) is 11.6 Å². The lowest BCUT2D eigenvalue weighted by Crippen LogP contribution is -2.18. The lowest BCUT2D eigenvalue weighted by atomic mass is 10.1. The van der Waals surface area contributed by atoms with Crippen molar-refractivity contribution >= 4 is 11.6 Å². The maximum Gasteiger partial charge on any atom is 0.411 e. The first kappa shape index (κ1) is 15.0. The molecule has 0 saturated carbocycles. The minimum absolute atomic E-state index is 0.0406. The minimum Gasteiger partial charge on any atom is -0.494 e. The molecule has 0 fully saturated rings. The van der Waals surface area contributed by atoms with Gasteiger partial charge in [0.15, 0.2) is 11.6 Å². The van der Waals surface area contributed by atoms with Crippen LogP contribution in [0.2, 0.25) is 0 Å². The summed E-state index contributed by atoms with van der Waals surface area (Å²) in [5.74, 6) is -0.588. The van der Waals surface area contributed by atoms with Crippen molar-refractivity contribution in [2.24, 2.45) is 0 Å². The van der Waals surface area contributed by atoms with Gasteiger partial charge in [0, 0.05) is 0 Å². The van der Waals surface area contributed by atoms with Crippen LogP contribution in [0.25, 0.3) is 0 Å². The molecule has 0 spiro atoms. The molecule has 0 N–H and O–H groups in total. The van der Waals surface area contributed by atoms with Crippen LogP contribution in [0.4, 0.5) is 17.6 Å². The van der Waals surface area contributed by atoms with E-state index in [9.17, 15) is 17.6 Å². The molecule has 0 aliphatic carbocycles. The fraction of sp³-hybridized carbons (Fsp3) is 0.455. The van der Waals surface area contributed by atoms with Crippen LogP contribution >= 0.6 is 11.6 Å². The van der Waals surface area contributed by atoms with Crippen molar-refractivity contribution in [2.75, 3.05) is 20.3 Å². The lowest BCUT2D eigenvalue weighted by Gasteiger charge is -2.13. The average Bonchev–Trinajstić information content (AvgIpc) is 2.27. The SMILES string of the molecule is COc1ccc(C(Cl)COCC(F)(F)F)cc1F. The summed E-state index contributed by atoms with van der Waals surface area (Å²) in [6.07, 6.45) is -4.40. The third-order valence-corrected chi connectivity index (χ3v) is 2.45. The van der Waals surface area contributed by atoms with Crippen LogP contribution in [-0.4, -0.2) is 26.5 Å². The van der Waals surface area contributed by atoms with Gasteiger partial charge in [0.25, 0.3) is 0 Å². The monoisotopic (exact) mass is 286 g/mol. The zero-order valence-electron chi connectivity index (χ0n) is 9.43. The van der Waals surface area contributed by atoms with Crippen molar-refractivity contribution in [3.8, 4) is 5.75 Å². The number of halogens is 5. The van der Waals surface area contributed by atoms with Gasteiger partial charge in [-0.1, -0.05) is 6.07 Å². The molecule has 0 heterocycles. The number of rotatable bonds is 5. The molecule has 0 bridgehead atoms. The topological polar surface area (TPSA) is 18.5 Å². The average molecular weight is 287 g/mol. The summed E-state index contributed by atoms with van der Waals surface area (Å²) in [5, 5.41) is -0.854. The van der Waals surface area contributed by atoms with Crippen LogP contribution in [0.3, 0.4) is 0 Å². The number of benzene rings is 1. The van der Waals surface area contributed by atoms with E-state index >= 15 is 0 Å². The highest BCUT2D eigenvalue weighted by Gasteiger charge is 2.28. The fourth-order valence-electron chi connectivity index (χ4n) is 1.25. The molecule has 0 amide bonds. The van der Waals surface area contributed by atoms with Crippen molar-refractivity contribution < 1.29 is 27.0 Å². The maximum absolute atomic E-state index is 13.3. The standard InChI is InChI=1S/C11H11ClF4O2/c1-17-10-3-2-7(4-9(10)13)8(12)5-18-6-11(14,15)16/h2-4,8H,5-6H2,1H3. The minimum atomic E-state index is -4.40. The predicted octanol–water partition coefficient (Wildman–Crippen LogP) is 3.69. The third-order valence-electron chi connectivity index (χ3n) is 2.07. The highest BCUT2D eigenvalue weighted by molar-refractivity contribution is 6.20. The van der Waals surface area contributed by atoms with Gasteiger partial charge < -0.3 is 9.47 Å². The van der Waals surface area contributed by atoms with E-state index in [1.165, 1.54) is 19.2 Å². The van der Waals surface area contributed by atoms with Crippen LogP contribution in [-0.2, 0) is 4.74 Å². The molecule has 1 atom stereocenters. The van der Waals surface area contributed by atoms with E-state index in [1.54, 1.807) is 0 Å². The molecule has 1 aromatic carbocycles. The zero-order valence-corrected chi connectivity index (χ0v) is 10.2. The van der Waals surface area contributed by atoms with Gasteiger partial charge in [0.1, 0.15) is 6.61 Å². The summed E-state index contributed by atoms with van der Waals surface area (Å²) in [7, 11) is 1.31. The van der Waals surface area contributed by atoms with Crippen LogP contribution in [0, 0.1) is 5.82 Å². The number of hydrogen-bond donors (Lipinski definition) is 0. The van der Waals surface area contributed by atoms with E-state index in [1.807, 2.05) is 0 Å². The Morgan fingerprint density at radius 3 is 2.50 bits per heavy atom. The summed E-state index contributed by atoms with van der Waals surface area (Å²) >= 11 is 5.80. The van der Waals surface area contributed by atoms with E-state index in [0.29, 0.717) is 5.56 Å². The summed E-state index contributed by atoms with van der Waals surface area (Å²) in [4.78, 5) is 0. The van der Waals surface area contributed by atoms with E-state index in [2.05, 4.69) is 4.74 Å². The second-order valence-electron chi connectivity index (χ2n) is 3.49. The molecule has 0 radical (unpaired) electrons. The smallest absolute Gasteiger partial charge is 0.411 e. The molecular formula is C11H11ClF4O2. The number of alkyl halides is 4. The predicted molar refractivity (Wildman–Crippen MR) is 58.4 cm³/mol. The van der Waals surface area contributed by atoms with E-state index < -0.39 is 24.0 Å². The molecule has 0 aliphatic heterocycles. The molecule has 0 aromatic heterocycles. The van der Waals surface area contributed by atoms with E-state index in [-0.39, 0.29) is 12.4 Å². The zero-order chi connectivity index (χ0) is 13.8. The molecular weight excluding hydrogens is 276 g/mol. The molecule has 0 saturated heterocycles. The molecule has 102 valence electrons. The molecule has 18 heavy (non-hydrogen) atoms. The molecule has 1 rings (SSSR count). The van der Waals surface area contributed by atoms with E-state index in [0.717, 1.165) is 6.07 Å². The Hall–Kier alpha value is -1.01. The Labute approximate surface area is 106 Å². The number of hydrogen-bond acceptors (Lipinski definition) is 2. The van der Waals surface area contributed by atoms with Gasteiger partial charge in [0.2, 0.25) is 0 Å². The highest BCUT2D eigenvalue weighted by Crippen LogP contribution is 2.26. The molecule has 1 unspecified atom stereocenters. The summed E-state index contributed by atoms with van der Waals surface area (Å²) in [6.45, 7) is -1.73. The Balaban J connectivity index is 2.56. The quantitative estimate of drug-likeness (QED) is 0.607. The largest absolute Gasteiger partial charge is 0.494 e. The molecule has 7 heteroatoms. The Morgan fingerprint density at radius 2 is 2.00 bits per heavy atom. The van der Waals surface area contributed by atoms with Crippen LogP contribution in [0.1, 0.15) is 10.9 Å². The van der Waals surface area contributed by atoms with Gasteiger partial charge in [-0.25, -0.2) is 4.39 Å². The first-order valence-corrected chi connectivity index (χ1v) is 5.39. The summed E-state index contributed by atoms with van der Waals surface area (Å²) in [6, 6.07) is 3.92. The summed E-state index contributed by atoms with van der Waals surface area (Å²) < 4.78 is 57.9.